The number of hydrogen-bond acceptors (Lipinski definition) is 4. The minimum atomic E-state index is -0.639. The van der Waals surface area contributed by atoms with Crippen LogP contribution in [0.5, 0.6) is 5.75 Å². The molecule has 2 heterocycles. The van der Waals surface area contributed by atoms with Gasteiger partial charge in [-0.2, -0.15) is 0 Å². The Labute approximate surface area is 161 Å². The summed E-state index contributed by atoms with van der Waals surface area (Å²) in [5.74, 6) is 0.148. The van der Waals surface area contributed by atoms with Gasteiger partial charge in [0.25, 0.3) is 5.56 Å². The first-order valence-electron chi connectivity index (χ1n) is 8.97. The molecule has 0 atom stereocenters. The molecule has 0 amide bonds. The zero-order valence-electron chi connectivity index (χ0n) is 15.7. The Morgan fingerprint density at radius 1 is 1.04 bits per heavy atom. The van der Waals surface area contributed by atoms with Crippen LogP contribution in [-0.4, -0.2) is 29.7 Å². The predicted octanol–water partition coefficient (Wildman–Crippen LogP) is 3.52. The lowest BCUT2D eigenvalue weighted by Gasteiger charge is -2.10. The second kappa shape index (κ2) is 7.23. The Bertz CT molecular complexity index is 1220. The fourth-order valence-electron chi connectivity index (χ4n) is 3.46. The van der Waals surface area contributed by atoms with Gasteiger partial charge < -0.3 is 19.0 Å². The standard InChI is InChI=1S/C22H20N2O4/c1-27-15-9-7-14(8-10-15)11-12-24-13-17-16-5-3-4-6-18(16)23-20(17)19(21(24)25)22(26)28-2/h3-10,13,23H,11-12H2,1-2H3. The molecule has 2 aromatic heterocycles. The molecular weight excluding hydrogens is 356 g/mol. The number of pyridine rings is 1. The average molecular weight is 376 g/mol. The SMILES string of the molecule is COC(=O)c1c(=O)n(CCc2ccc(OC)cc2)cc2c1[nH]c1ccccc12. The number of H-pyrrole nitrogens is 1. The minimum Gasteiger partial charge on any atom is -0.497 e. The summed E-state index contributed by atoms with van der Waals surface area (Å²) in [5, 5.41) is 1.78. The van der Waals surface area contributed by atoms with Crippen molar-refractivity contribution in [1.82, 2.24) is 9.55 Å². The Morgan fingerprint density at radius 3 is 2.50 bits per heavy atom. The maximum atomic E-state index is 13.0. The van der Waals surface area contributed by atoms with Crippen molar-refractivity contribution in [2.45, 2.75) is 13.0 Å². The highest BCUT2D eigenvalue weighted by molar-refractivity contribution is 6.13. The van der Waals surface area contributed by atoms with Crippen LogP contribution in [0, 0.1) is 0 Å². The quantitative estimate of drug-likeness (QED) is 0.541. The third-order valence-corrected chi connectivity index (χ3v) is 4.95. The molecule has 0 aliphatic carbocycles. The molecule has 6 heteroatoms. The number of rotatable bonds is 5. The number of nitrogens with one attached hydrogen (secondary N) is 1. The van der Waals surface area contributed by atoms with Crippen LogP contribution in [0.4, 0.5) is 0 Å². The largest absolute Gasteiger partial charge is 0.497 e. The van der Waals surface area contributed by atoms with E-state index in [4.69, 9.17) is 9.47 Å². The van der Waals surface area contributed by atoms with Crippen molar-refractivity contribution < 1.29 is 14.3 Å². The first-order chi connectivity index (χ1) is 13.6. The number of hydrogen-bond donors (Lipinski definition) is 1. The van der Waals surface area contributed by atoms with E-state index < -0.39 is 5.97 Å². The number of esters is 1. The average Bonchev–Trinajstić information content (AvgIpc) is 3.10. The molecule has 0 aliphatic heterocycles. The molecule has 142 valence electrons. The van der Waals surface area contributed by atoms with Crippen molar-refractivity contribution in [2.75, 3.05) is 14.2 Å². The predicted molar refractivity (Wildman–Crippen MR) is 108 cm³/mol. The van der Waals surface area contributed by atoms with Gasteiger partial charge >= 0.3 is 5.97 Å². The lowest BCUT2D eigenvalue weighted by molar-refractivity contribution is 0.0600. The van der Waals surface area contributed by atoms with Gasteiger partial charge in [-0.25, -0.2) is 4.79 Å². The summed E-state index contributed by atoms with van der Waals surface area (Å²) in [6.45, 7) is 0.449. The highest BCUT2D eigenvalue weighted by Crippen LogP contribution is 2.26. The lowest BCUT2D eigenvalue weighted by Crippen LogP contribution is -2.27. The number of carbonyl (C=O) groups excluding carboxylic acids is 1. The third kappa shape index (κ3) is 3.03. The van der Waals surface area contributed by atoms with Gasteiger partial charge in [0.15, 0.2) is 0 Å². The molecule has 0 fully saturated rings. The van der Waals surface area contributed by atoms with Crippen LogP contribution < -0.4 is 10.3 Å². The Hall–Kier alpha value is -3.54. The van der Waals surface area contributed by atoms with E-state index >= 15 is 0 Å². The van der Waals surface area contributed by atoms with Crippen molar-refractivity contribution in [2.24, 2.45) is 0 Å². The van der Waals surface area contributed by atoms with Gasteiger partial charge in [0.1, 0.15) is 11.3 Å². The Kier molecular flexibility index (Phi) is 4.61. The number of nitrogens with zero attached hydrogens (tertiary/aromatic N) is 1. The van der Waals surface area contributed by atoms with Crippen LogP contribution in [0.1, 0.15) is 15.9 Å². The van der Waals surface area contributed by atoms with Crippen LogP contribution in [0.25, 0.3) is 21.8 Å². The third-order valence-electron chi connectivity index (χ3n) is 4.95. The number of ether oxygens (including phenoxy) is 2. The smallest absolute Gasteiger partial charge is 0.345 e. The maximum absolute atomic E-state index is 13.0. The summed E-state index contributed by atoms with van der Waals surface area (Å²) in [5.41, 5.74) is 2.13. The lowest BCUT2D eigenvalue weighted by atomic mass is 10.1. The number of aryl methyl sites for hydroxylation is 2. The fourth-order valence-corrected chi connectivity index (χ4v) is 3.46. The van der Waals surface area contributed by atoms with E-state index in [0.717, 1.165) is 27.6 Å². The van der Waals surface area contributed by atoms with Crippen molar-refractivity contribution in [3.8, 4) is 5.75 Å². The molecule has 2 aromatic carbocycles. The van der Waals surface area contributed by atoms with Crippen molar-refractivity contribution >= 4 is 27.8 Å². The first-order valence-corrected chi connectivity index (χ1v) is 8.97. The Morgan fingerprint density at radius 2 is 1.79 bits per heavy atom. The van der Waals surface area contributed by atoms with Crippen LogP contribution >= 0.6 is 0 Å². The number of methoxy groups -OCH3 is 2. The normalized spacial score (nSPS) is 11.1. The molecule has 4 rings (SSSR count). The molecule has 28 heavy (non-hydrogen) atoms. The molecule has 0 bridgehead atoms. The van der Waals surface area contributed by atoms with Gasteiger partial charge in [-0.15, -0.1) is 0 Å². The van der Waals surface area contributed by atoms with Crippen molar-refractivity contribution in [3.05, 3.63) is 76.2 Å². The van der Waals surface area contributed by atoms with E-state index in [2.05, 4.69) is 4.98 Å². The molecule has 0 unspecified atom stereocenters. The molecule has 1 N–H and O–H groups in total. The molecular formula is C22H20N2O4. The number of para-hydroxylation sites is 1. The molecule has 4 aromatic rings. The molecule has 0 radical (unpaired) electrons. The zero-order chi connectivity index (χ0) is 19.7. The van der Waals surface area contributed by atoms with Gasteiger partial charge in [0.2, 0.25) is 0 Å². The number of benzene rings is 2. The fraction of sp³-hybridized carbons (Fsp3) is 0.182. The number of fused-ring (bicyclic) bond motifs is 3. The van der Waals surface area contributed by atoms with E-state index in [1.54, 1.807) is 11.7 Å². The van der Waals surface area contributed by atoms with E-state index in [1.807, 2.05) is 54.7 Å². The number of aromatic nitrogens is 2. The molecule has 0 spiro atoms. The van der Waals surface area contributed by atoms with Crippen LogP contribution in [0.2, 0.25) is 0 Å². The summed E-state index contributed by atoms with van der Waals surface area (Å²) in [6, 6.07) is 15.4. The van der Waals surface area contributed by atoms with E-state index in [0.29, 0.717) is 18.5 Å². The Balaban J connectivity index is 1.80. The molecule has 0 saturated carbocycles. The molecule has 0 saturated heterocycles. The minimum absolute atomic E-state index is 0.0333. The topological polar surface area (TPSA) is 73.3 Å². The highest BCUT2D eigenvalue weighted by atomic mass is 16.5. The van der Waals surface area contributed by atoms with E-state index in [-0.39, 0.29) is 11.1 Å². The van der Waals surface area contributed by atoms with Crippen LogP contribution in [-0.2, 0) is 17.7 Å². The van der Waals surface area contributed by atoms with Crippen molar-refractivity contribution in [1.29, 1.82) is 0 Å². The van der Waals surface area contributed by atoms with E-state index in [9.17, 15) is 9.59 Å². The van der Waals surface area contributed by atoms with Gasteiger partial charge in [-0.05, 0) is 30.2 Å². The zero-order valence-corrected chi connectivity index (χ0v) is 15.7. The summed E-state index contributed by atoms with van der Waals surface area (Å²) in [7, 11) is 2.91. The van der Waals surface area contributed by atoms with Gasteiger partial charge in [0.05, 0.1) is 19.7 Å². The van der Waals surface area contributed by atoms with Crippen LogP contribution in [0.3, 0.4) is 0 Å². The first kappa shape index (κ1) is 17.9. The van der Waals surface area contributed by atoms with Crippen molar-refractivity contribution in [3.63, 3.8) is 0 Å². The summed E-state index contributed by atoms with van der Waals surface area (Å²) in [4.78, 5) is 28.5. The second-order valence-corrected chi connectivity index (χ2v) is 6.55. The second-order valence-electron chi connectivity index (χ2n) is 6.55. The van der Waals surface area contributed by atoms with Gasteiger partial charge in [-0.3, -0.25) is 4.79 Å². The highest BCUT2D eigenvalue weighted by Gasteiger charge is 2.21. The summed E-state index contributed by atoms with van der Waals surface area (Å²) >= 11 is 0. The number of carbonyl (C=O) groups is 1. The summed E-state index contributed by atoms with van der Waals surface area (Å²) in [6.07, 6.45) is 2.46. The van der Waals surface area contributed by atoms with E-state index in [1.165, 1.54) is 7.11 Å². The van der Waals surface area contributed by atoms with Gasteiger partial charge in [0, 0.05) is 29.0 Å². The molecule has 6 nitrogen and oxygen atoms in total. The van der Waals surface area contributed by atoms with Crippen LogP contribution in [0.15, 0.2) is 59.5 Å². The maximum Gasteiger partial charge on any atom is 0.345 e. The monoisotopic (exact) mass is 376 g/mol. The summed E-state index contributed by atoms with van der Waals surface area (Å²) < 4.78 is 11.6. The molecule has 0 aliphatic rings. The van der Waals surface area contributed by atoms with Gasteiger partial charge in [-0.1, -0.05) is 30.3 Å². The number of aromatic amines is 1.